The van der Waals surface area contributed by atoms with Crippen molar-refractivity contribution in [2.24, 2.45) is 11.8 Å². The molecule has 0 radical (unpaired) electrons. The molecule has 4 rings (SSSR count). The number of imide groups is 1. The number of carbonyl (C=O) groups excluding carboxylic acids is 2. The van der Waals surface area contributed by atoms with Gasteiger partial charge in [0.15, 0.2) is 0 Å². The average molecular weight is 472 g/mol. The van der Waals surface area contributed by atoms with Gasteiger partial charge in [0.05, 0.1) is 23.4 Å². The van der Waals surface area contributed by atoms with E-state index in [9.17, 15) is 18.0 Å². The van der Waals surface area contributed by atoms with Crippen LogP contribution in [0.1, 0.15) is 58.3 Å². The van der Waals surface area contributed by atoms with Gasteiger partial charge in [-0.25, -0.2) is 17.9 Å². The van der Waals surface area contributed by atoms with Crippen LogP contribution in [0.5, 0.6) is 0 Å². The van der Waals surface area contributed by atoms with Gasteiger partial charge in [0.2, 0.25) is 15.9 Å². The Kier molecular flexibility index (Phi) is 6.61. The number of rotatable bonds is 7. The zero-order chi connectivity index (χ0) is 23.3. The van der Waals surface area contributed by atoms with Gasteiger partial charge >= 0.3 is 6.03 Å². The average Bonchev–Trinajstić information content (AvgIpc) is 3.49. The minimum absolute atomic E-state index is 0.0875. The highest BCUT2D eigenvalue weighted by atomic mass is 32.2. The Hall–Kier alpha value is -1.23. The summed E-state index contributed by atoms with van der Waals surface area (Å²) in [5.41, 5.74) is -0.332. The van der Waals surface area contributed by atoms with E-state index in [1.165, 1.54) is 11.9 Å². The fourth-order valence-electron chi connectivity index (χ4n) is 5.78. The molecule has 1 heterocycles. The van der Waals surface area contributed by atoms with Crippen LogP contribution in [0.15, 0.2) is 0 Å². The summed E-state index contributed by atoms with van der Waals surface area (Å²) in [6.45, 7) is 2.45. The second-order valence-electron chi connectivity index (χ2n) is 10.4. The molecule has 0 aromatic carbocycles. The fraction of sp³-hybridized carbons (Fsp3) is 0.909. The summed E-state index contributed by atoms with van der Waals surface area (Å²) in [5.74, 6) is -0.537. The second-order valence-corrected chi connectivity index (χ2v) is 12.4. The van der Waals surface area contributed by atoms with Crippen molar-refractivity contribution in [3.8, 4) is 0 Å². The van der Waals surface area contributed by atoms with Crippen LogP contribution in [0, 0.1) is 11.8 Å². The Bertz CT molecular complexity index is 833. The number of urea groups is 1. The maximum absolute atomic E-state index is 13.1. The van der Waals surface area contributed by atoms with E-state index in [4.69, 9.17) is 9.47 Å². The van der Waals surface area contributed by atoms with Crippen LogP contribution in [0.4, 0.5) is 4.79 Å². The SMILES string of the molecule is COC1CC(CN2C(=O)N(C)C(=O)C3CC(S(=O)(=O)NC4(C)CC4)CCC32)CC(OC)C1. The van der Waals surface area contributed by atoms with Gasteiger partial charge in [0.25, 0.3) is 0 Å². The maximum Gasteiger partial charge on any atom is 0.326 e. The molecule has 0 aromatic heterocycles. The first-order valence-corrected chi connectivity index (χ1v) is 13.3. The largest absolute Gasteiger partial charge is 0.381 e. The van der Waals surface area contributed by atoms with Crippen LogP contribution in [0.3, 0.4) is 0 Å². The van der Waals surface area contributed by atoms with Crippen LogP contribution >= 0.6 is 0 Å². The number of methoxy groups -OCH3 is 2. The molecule has 0 aromatic rings. The molecule has 9 nitrogen and oxygen atoms in total. The standard InChI is InChI=1S/C22H37N3O6S/c1-22(7-8-22)23-32(28,29)17-5-6-19-18(12-17)20(26)24(2)21(27)25(19)13-14-9-15(30-3)11-16(10-14)31-4/h14-19,23H,5-13H2,1-4H3. The molecule has 5 unspecified atom stereocenters. The minimum Gasteiger partial charge on any atom is -0.381 e. The number of amides is 3. The van der Waals surface area contributed by atoms with Gasteiger partial charge in [-0.15, -0.1) is 0 Å². The summed E-state index contributed by atoms with van der Waals surface area (Å²) in [5, 5.41) is -0.598. The summed E-state index contributed by atoms with van der Waals surface area (Å²) in [6.07, 6.45) is 5.63. The molecule has 3 saturated carbocycles. The number of hydrogen-bond donors (Lipinski definition) is 1. The molecule has 1 N–H and O–H groups in total. The van der Waals surface area contributed by atoms with E-state index in [0.717, 1.165) is 32.1 Å². The first-order valence-electron chi connectivity index (χ1n) is 11.7. The molecular weight excluding hydrogens is 434 g/mol. The van der Waals surface area contributed by atoms with Crippen molar-refractivity contribution in [2.75, 3.05) is 27.8 Å². The number of nitrogens with zero attached hydrogens (tertiary/aromatic N) is 2. The fourth-order valence-corrected chi connectivity index (χ4v) is 7.75. The van der Waals surface area contributed by atoms with E-state index < -0.39 is 21.2 Å². The zero-order valence-corrected chi connectivity index (χ0v) is 20.4. The van der Waals surface area contributed by atoms with Crippen molar-refractivity contribution >= 4 is 22.0 Å². The van der Waals surface area contributed by atoms with Crippen LogP contribution in [-0.2, 0) is 24.3 Å². The van der Waals surface area contributed by atoms with Gasteiger partial charge in [-0.3, -0.25) is 9.69 Å². The molecule has 0 bridgehead atoms. The Labute approximate surface area is 191 Å². The van der Waals surface area contributed by atoms with Crippen LogP contribution in [-0.4, -0.2) is 87.0 Å². The smallest absolute Gasteiger partial charge is 0.326 e. The van der Waals surface area contributed by atoms with Gasteiger partial charge in [0.1, 0.15) is 0 Å². The Morgan fingerprint density at radius 2 is 1.66 bits per heavy atom. The van der Waals surface area contributed by atoms with E-state index >= 15 is 0 Å². The third kappa shape index (κ3) is 4.69. The predicted octanol–water partition coefficient (Wildman–Crippen LogP) is 1.72. The molecule has 10 heteroatoms. The molecule has 4 aliphatic rings. The number of hydrogen-bond acceptors (Lipinski definition) is 6. The summed E-state index contributed by atoms with van der Waals surface area (Å²) in [6, 6.07) is -0.534. The lowest BCUT2D eigenvalue weighted by atomic mass is 9.79. The highest BCUT2D eigenvalue weighted by molar-refractivity contribution is 7.90. The van der Waals surface area contributed by atoms with Gasteiger partial charge in [0, 0.05) is 39.4 Å². The van der Waals surface area contributed by atoms with E-state index in [0.29, 0.717) is 19.4 Å². The monoisotopic (exact) mass is 471 g/mol. The van der Waals surface area contributed by atoms with Crippen LogP contribution in [0.2, 0.25) is 0 Å². The minimum atomic E-state index is -3.51. The van der Waals surface area contributed by atoms with E-state index in [2.05, 4.69) is 4.72 Å². The number of sulfonamides is 1. The summed E-state index contributed by atoms with van der Waals surface area (Å²) >= 11 is 0. The topological polar surface area (TPSA) is 105 Å². The molecule has 3 aliphatic carbocycles. The predicted molar refractivity (Wildman–Crippen MR) is 118 cm³/mol. The van der Waals surface area contributed by atoms with E-state index in [1.807, 2.05) is 11.8 Å². The van der Waals surface area contributed by atoms with Gasteiger partial charge < -0.3 is 14.4 Å². The molecule has 1 saturated heterocycles. The van der Waals surface area contributed by atoms with Gasteiger partial charge in [-0.1, -0.05) is 0 Å². The molecule has 0 spiro atoms. The van der Waals surface area contributed by atoms with Crippen molar-refractivity contribution < 1.29 is 27.5 Å². The third-order valence-corrected chi connectivity index (χ3v) is 10.1. The summed E-state index contributed by atoms with van der Waals surface area (Å²) in [4.78, 5) is 29.1. The Balaban J connectivity index is 1.49. The van der Waals surface area contributed by atoms with Crippen molar-refractivity contribution in [2.45, 2.75) is 87.3 Å². The maximum atomic E-state index is 13.1. The highest BCUT2D eigenvalue weighted by Crippen LogP contribution is 2.41. The molecular formula is C22H37N3O6S. The highest BCUT2D eigenvalue weighted by Gasteiger charge is 2.51. The lowest BCUT2D eigenvalue weighted by Gasteiger charge is -2.49. The number of nitrogens with one attached hydrogen (secondary N) is 1. The molecule has 1 aliphatic heterocycles. The number of ether oxygens (including phenoxy) is 2. The lowest BCUT2D eigenvalue weighted by molar-refractivity contribution is -0.139. The quantitative estimate of drug-likeness (QED) is 0.606. The van der Waals surface area contributed by atoms with Gasteiger partial charge in [-0.05, 0) is 64.2 Å². The van der Waals surface area contributed by atoms with Gasteiger partial charge in [-0.2, -0.15) is 0 Å². The molecule has 5 atom stereocenters. The normalized spacial score (nSPS) is 37.4. The first kappa shape index (κ1) is 23.9. The molecule has 32 heavy (non-hydrogen) atoms. The zero-order valence-electron chi connectivity index (χ0n) is 19.6. The number of fused-ring (bicyclic) bond motifs is 1. The first-order chi connectivity index (χ1) is 15.1. The van der Waals surface area contributed by atoms with Crippen molar-refractivity contribution in [3.05, 3.63) is 0 Å². The Morgan fingerprint density at radius 3 is 2.22 bits per heavy atom. The summed E-state index contributed by atoms with van der Waals surface area (Å²) < 4.78 is 39.9. The molecule has 4 fully saturated rings. The summed E-state index contributed by atoms with van der Waals surface area (Å²) in [7, 11) is 1.40. The van der Waals surface area contributed by atoms with Crippen molar-refractivity contribution in [1.29, 1.82) is 0 Å². The van der Waals surface area contributed by atoms with E-state index in [-0.39, 0.29) is 48.1 Å². The third-order valence-electron chi connectivity index (χ3n) is 8.01. The van der Waals surface area contributed by atoms with E-state index in [1.54, 1.807) is 14.2 Å². The molecule has 182 valence electrons. The molecule has 3 amide bonds. The Morgan fingerprint density at radius 1 is 1.03 bits per heavy atom. The van der Waals surface area contributed by atoms with Crippen LogP contribution in [0.25, 0.3) is 0 Å². The second kappa shape index (κ2) is 8.85. The van der Waals surface area contributed by atoms with Crippen molar-refractivity contribution in [3.63, 3.8) is 0 Å². The number of carbonyl (C=O) groups is 2. The lowest BCUT2D eigenvalue weighted by Crippen LogP contribution is -2.64. The van der Waals surface area contributed by atoms with Crippen LogP contribution < -0.4 is 4.72 Å². The van der Waals surface area contributed by atoms with Crippen molar-refractivity contribution in [1.82, 2.24) is 14.5 Å².